The lowest BCUT2D eigenvalue weighted by atomic mass is 9.68. The molecule has 4 aliphatic rings. The van der Waals surface area contributed by atoms with Gasteiger partial charge in [-0.1, -0.05) is 23.7 Å². The first-order chi connectivity index (χ1) is 22.7. The zero-order chi connectivity index (χ0) is 34.4. The van der Waals surface area contributed by atoms with Crippen LogP contribution in [0.1, 0.15) is 68.1 Å². The van der Waals surface area contributed by atoms with Crippen LogP contribution in [0.4, 0.5) is 5.69 Å². The standard InChI is InChI=1S/C35H47ClN4O7S/c1-38(2)48(45,46)37-33(43)35(44)19-32(42)39(3)16-5-4-8-30(41)27-12-9-24(27)20-40-21-34(22-47-31-14-10-25(35)18-29(31)40)15-6-7-23-17-26(36)11-13-28(23)34/h10-11,13-14,17-18,24,27,30,41,44H,4-9,12,15-16,19-22H2,1-3H3,(H,37,43)/t24-,27+,30-,34-,35+/m0/s1. The summed E-state index contributed by atoms with van der Waals surface area (Å²) in [5.74, 6) is -0.788. The number of fused-ring (bicyclic) bond motifs is 4. The molecule has 6 rings (SSSR count). The molecule has 2 bridgehead atoms. The molecule has 1 saturated carbocycles. The van der Waals surface area contributed by atoms with Crippen molar-refractivity contribution in [2.75, 3.05) is 52.3 Å². The molecule has 0 saturated heterocycles. The number of nitrogens with zero attached hydrogens (tertiary/aromatic N) is 3. The molecule has 2 heterocycles. The Hall–Kier alpha value is -2.90. The number of aryl methyl sites for hydroxylation is 1. The quantitative estimate of drug-likeness (QED) is 0.443. The Morgan fingerprint density at radius 3 is 2.62 bits per heavy atom. The van der Waals surface area contributed by atoms with Crippen LogP contribution in [0.3, 0.4) is 0 Å². The molecule has 2 aliphatic heterocycles. The summed E-state index contributed by atoms with van der Waals surface area (Å²) in [6.45, 7) is 2.01. The van der Waals surface area contributed by atoms with Crippen LogP contribution in [0.2, 0.25) is 5.02 Å². The maximum atomic E-state index is 13.8. The minimum atomic E-state index is -4.28. The van der Waals surface area contributed by atoms with Gasteiger partial charge in [-0.2, -0.15) is 12.7 Å². The van der Waals surface area contributed by atoms with E-state index in [0.717, 1.165) is 42.8 Å². The summed E-state index contributed by atoms with van der Waals surface area (Å²) in [4.78, 5) is 31.0. The molecule has 2 aromatic carbocycles. The Bertz CT molecular complexity index is 1670. The largest absolute Gasteiger partial charge is 0.490 e. The monoisotopic (exact) mass is 702 g/mol. The van der Waals surface area contributed by atoms with E-state index < -0.39 is 40.1 Å². The Balaban J connectivity index is 1.47. The molecule has 1 spiro atoms. The zero-order valence-electron chi connectivity index (χ0n) is 28.0. The van der Waals surface area contributed by atoms with Gasteiger partial charge in [0.1, 0.15) is 5.75 Å². The average Bonchev–Trinajstić information content (AvgIpc) is 3.17. The second kappa shape index (κ2) is 13.4. The SMILES string of the molecule is CN1CCCC[C@H](O)[C@@H]2CC[C@H]2CN2C[C@@]3(CCCc4cc(Cl)ccc43)COc3ccc(cc32)[C@@](O)(C(=O)NS(=O)(=O)N(C)C)CC1=O. The summed E-state index contributed by atoms with van der Waals surface area (Å²) >= 11 is 6.42. The van der Waals surface area contributed by atoms with Gasteiger partial charge in [0, 0.05) is 51.2 Å². The van der Waals surface area contributed by atoms with Gasteiger partial charge < -0.3 is 24.7 Å². The van der Waals surface area contributed by atoms with Crippen molar-refractivity contribution in [1.82, 2.24) is 13.9 Å². The summed E-state index contributed by atoms with van der Waals surface area (Å²) in [6.07, 6.45) is 5.58. The molecular weight excluding hydrogens is 656 g/mol. The molecule has 1 fully saturated rings. The molecule has 2 amide bonds. The number of nitrogens with one attached hydrogen (secondary N) is 1. The summed E-state index contributed by atoms with van der Waals surface area (Å²) in [7, 11) is -0.139. The number of carbonyl (C=O) groups is 2. The number of ether oxygens (including phenoxy) is 1. The number of hydrogen-bond donors (Lipinski definition) is 3. The van der Waals surface area contributed by atoms with E-state index in [1.54, 1.807) is 19.2 Å². The third-order valence-electron chi connectivity index (χ3n) is 11.1. The van der Waals surface area contributed by atoms with Crippen LogP contribution >= 0.6 is 11.6 Å². The van der Waals surface area contributed by atoms with E-state index in [2.05, 4.69) is 11.0 Å². The fourth-order valence-corrected chi connectivity index (χ4v) is 8.76. The molecule has 0 radical (unpaired) electrons. The van der Waals surface area contributed by atoms with E-state index in [0.29, 0.717) is 55.5 Å². The Labute approximate surface area is 288 Å². The highest BCUT2D eigenvalue weighted by Gasteiger charge is 2.47. The van der Waals surface area contributed by atoms with Gasteiger partial charge in [0.2, 0.25) is 5.91 Å². The van der Waals surface area contributed by atoms with Gasteiger partial charge in [0.05, 0.1) is 24.8 Å². The van der Waals surface area contributed by atoms with E-state index in [-0.39, 0.29) is 22.8 Å². The van der Waals surface area contributed by atoms with Crippen molar-refractivity contribution in [1.29, 1.82) is 0 Å². The number of benzene rings is 2. The lowest BCUT2D eigenvalue weighted by Gasteiger charge is -2.46. The average molecular weight is 703 g/mol. The second-order valence-corrected chi connectivity index (χ2v) is 16.7. The third kappa shape index (κ3) is 6.66. The summed E-state index contributed by atoms with van der Waals surface area (Å²) in [5, 5.41) is 24.1. The summed E-state index contributed by atoms with van der Waals surface area (Å²) < 4.78 is 34.9. The van der Waals surface area contributed by atoms with Crippen molar-refractivity contribution in [2.45, 2.75) is 74.9 Å². The van der Waals surface area contributed by atoms with Crippen molar-refractivity contribution < 1.29 is 33.0 Å². The highest BCUT2D eigenvalue weighted by molar-refractivity contribution is 7.87. The normalized spacial score (nSPS) is 29.7. The molecule has 0 unspecified atom stereocenters. The van der Waals surface area contributed by atoms with E-state index in [1.165, 1.54) is 36.2 Å². The molecular formula is C35H47ClN4O7S. The second-order valence-electron chi connectivity index (χ2n) is 14.4. The van der Waals surface area contributed by atoms with E-state index in [4.69, 9.17) is 16.3 Å². The molecule has 262 valence electrons. The topological polar surface area (TPSA) is 140 Å². The summed E-state index contributed by atoms with van der Waals surface area (Å²) in [5.41, 5.74) is 0.280. The molecule has 2 aromatic rings. The van der Waals surface area contributed by atoms with Crippen molar-refractivity contribution in [3.63, 3.8) is 0 Å². The minimum Gasteiger partial charge on any atom is -0.490 e. The predicted octanol–water partition coefficient (Wildman–Crippen LogP) is 3.34. The number of rotatable bonds is 3. The first kappa shape index (κ1) is 34.9. The van der Waals surface area contributed by atoms with Crippen LogP contribution in [0.5, 0.6) is 5.75 Å². The molecule has 0 aromatic heterocycles. The minimum absolute atomic E-state index is 0.0899. The first-order valence-electron chi connectivity index (χ1n) is 16.9. The van der Waals surface area contributed by atoms with Crippen LogP contribution < -0.4 is 14.4 Å². The van der Waals surface area contributed by atoms with Crippen LogP contribution in [0, 0.1) is 11.8 Å². The van der Waals surface area contributed by atoms with Crippen LogP contribution in [0.25, 0.3) is 0 Å². The van der Waals surface area contributed by atoms with Crippen LogP contribution in [-0.4, -0.2) is 93.1 Å². The molecule has 11 nitrogen and oxygen atoms in total. The predicted molar refractivity (Wildman–Crippen MR) is 183 cm³/mol. The zero-order valence-corrected chi connectivity index (χ0v) is 29.5. The Kier molecular flexibility index (Phi) is 9.78. The third-order valence-corrected chi connectivity index (χ3v) is 12.7. The number of aliphatic hydroxyl groups is 2. The number of anilines is 1. The van der Waals surface area contributed by atoms with Crippen LogP contribution in [0.15, 0.2) is 36.4 Å². The van der Waals surface area contributed by atoms with E-state index in [1.807, 2.05) is 16.9 Å². The number of carbonyl (C=O) groups excluding carboxylic acids is 2. The van der Waals surface area contributed by atoms with Crippen LogP contribution in [-0.2, 0) is 37.2 Å². The van der Waals surface area contributed by atoms with Crippen molar-refractivity contribution in [3.05, 3.63) is 58.1 Å². The van der Waals surface area contributed by atoms with Crippen molar-refractivity contribution in [2.24, 2.45) is 11.8 Å². The van der Waals surface area contributed by atoms with Crippen molar-refractivity contribution in [3.8, 4) is 5.75 Å². The molecule has 48 heavy (non-hydrogen) atoms. The van der Waals surface area contributed by atoms with E-state index in [9.17, 15) is 28.2 Å². The number of aliphatic hydroxyl groups excluding tert-OH is 1. The Morgan fingerprint density at radius 2 is 1.90 bits per heavy atom. The molecule has 13 heteroatoms. The number of amides is 2. The van der Waals surface area contributed by atoms with Gasteiger partial charge in [-0.3, -0.25) is 9.59 Å². The lowest BCUT2D eigenvalue weighted by Crippen LogP contribution is -2.52. The fourth-order valence-electron chi connectivity index (χ4n) is 7.98. The fraction of sp³-hybridized carbons (Fsp3) is 0.600. The lowest BCUT2D eigenvalue weighted by molar-refractivity contribution is -0.148. The van der Waals surface area contributed by atoms with Gasteiger partial charge >= 0.3 is 10.2 Å². The highest BCUT2D eigenvalue weighted by atomic mass is 35.5. The van der Waals surface area contributed by atoms with Gasteiger partial charge in [0.25, 0.3) is 5.91 Å². The first-order valence-corrected chi connectivity index (χ1v) is 18.7. The van der Waals surface area contributed by atoms with Gasteiger partial charge in [-0.25, -0.2) is 4.72 Å². The molecule has 5 atom stereocenters. The molecule has 2 aliphatic carbocycles. The van der Waals surface area contributed by atoms with Gasteiger partial charge in [-0.15, -0.1) is 0 Å². The smallest absolute Gasteiger partial charge is 0.303 e. The van der Waals surface area contributed by atoms with Gasteiger partial charge in [-0.05, 0) is 104 Å². The van der Waals surface area contributed by atoms with E-state index >= 15 is 0 Å². The molecule has 3 N–H and O–H groups in total. The maximum absolute atomic E-state index is 13.8. The highest BCUT2D eigenvalue weighted by Crippen LogP contribution is 2.47. The maximum Gasteiger partial charge on any atom is 0.303 e. The summed E-state index contributed by atoms with van der Waals surface area (Å²) in [6, 6.07) is 11.0. The van der Waals surface area contributed by atoms with Crippen molar-refractivity contribution >= 4 is 39.3 Å². The Morgan fingerprint density at radius 1 is 1.10 bits per heavy atom. The number of hydrogen-bond acceptors (Lipinski definition) is 8. The number of halogens is 1. The van der Waals surface area contributed by atoms with Gasteiger partial charge in [0.15, 0.2) is 5.60 Å².